The number of nitrogens with one attached hydrogen (secondary N) is 2. The maximum absolute atomic E-state index is 11.9. The Morgan fingerprint density at radius 3 is 2.95 bits per heavy atom. The molecule has 1 heterocycles. The number of hydrogen-bond acceptors (Lipinski definition) is 2. The summed E-state index contributed by atoms with van der Waals surface area (Å²) in [5.41, 5.74) is 0.736. The van der Waals surface area contributed by atoms with Crippen LogP contribution in [0.5, 0.6) is 0 Å². The summed E-state index contributed by atoms with van der Waals surface area (Å²) in [6.45, 7) is 2.13. The number of aromatic nitrogens is 1. The van der Waals surface area contributed by atoms with Crippen molar-refractivity contribution in [2.75, 3.05) is 5.32 Å². The molecule has 0 aliphatic heterocycles. The molecule has 102 valence electrons. The van der Waals surface area contributed by atoms with Crippen molar-refractivity contribution in [3.63, 3.8) is 0 Å². The quantitative estimate of drug-likeness (QED) is 0.876. The molecule has 2 bridgehead atoms. The van der Waals surface area contributed by atoms with Crippen molar-refractivity contribution in [2.24, 2.45) is 17.8 Å². The van der Waals surface area contributed by atoms with E-state index in [1.54, 1.807) is 12.4 Å². The number of hydrogen-bond donors (Lipinski definition) is 2. The fraction of sp³-hybridized carbons (Fsp3) is 0.600. The van der Waals surface area contributed by atoms with E-state index >= 15 is 0 Å². The second-order valence-electron chi connectivity index (χ2n) is 5.97. The van der Waals surface area contributed by atoms with Gasteiger partial charge >= 0.3 is 6.03 Å². The molecule has 2 aliphatic carbocycles. The summed E-state index contributed by atoms with van der Waals surface area (Å²) in [5.74, 6) is 2.41. The van der Waals surface area contributed by atoms with E-state index in [2.05, 4.69) is 22.5 Å². The highest BCUT2D eigenvalue weighted by Gasteiger charge is 2.42. The lowest BCUT2D eigenvalue weighted by Crippen LogP contribution is -2.42. The number of amides is 2. The summed E-state index contributed by atoms with van der Waals surface area (Å²) in [7, 11) is 0. The van der Waals surface area contributed by atoms with Crippen molar-refractivity contribution in [1.82, 2.24) is 10.3 Å². The maximum Gasteiger partial charge on any atom is 0.319 e. The molecule has 4 unspecified atom stereocenters. The fourth-order valence-electron chi connectivity index (χ4n) is 3.82. The van der Waals surface area contributed by atoms with Crippen molar-refractivity contribution in [3.8, 4) is 0 Å². The average Bonchev–Trinajstić information content (AvgIpc) is 3.02. The predicted molar refractivity (Wildman–Crippen MR) is 74.8 cm³/mol. The maximum atomic E-state index is 11.9. The highest BCUT2D eigenvalue weighted by atomic mass is 16.2. The molecule has 2 aliphatic rings. The summed E-state index contributed by atoms with van der Waals surface area (Å²) in [6, 6.07) is 3.79. The van der Waals surface area contributed by atoms with Crippen LogP contribution >= 0.6 is 0 Å². The Bertz CT molecular complexity index is 448. The summed E-state index contributed by atoms with van der Waals surface area (Å²) in [5, 5.41) is 5.91. The molecule has 4 nitrogen and oxygen atoms in total. The van der Waals surface area contributed by atoms with Gasteiger partial charge in [0, 0.05) is 12.2 Å². The third-order valence-electron chi connectivity index (χ3n) is 4.71. The highest BCUT2D eigenvalue weighted by Crippen LogP contribution is 2.49. The van der Waals surface area contributed by atoms with Crippen LogP contribution in [0.15, 0.2) is 24.5 Å². The Hall–Kier alpha value is -1.58. The second kappa shape index (κ2) is 5.19. The van der Waals surface area contributed by atoms with Crippen LogP contribution in [0.2, 0.25) is 0 Å². The van der Waals surface area contributed by atoms with Crippen LogP contribution in [0.4, 0.5) is 10.5 Å². The van der Waals surface area contributed by atoms with Crippen LogP contribution in [-0.4, -0.2) is 17.1 Å². The third kappa shape index (κ3) is 2.72. The molecule has 0 spiro atoms. The molecule has 4 atom stereocenters. The zero-order valence-electron chi connectivity index (χ0n) is 11.3. The predicted octanol–water partition coefficient (Wildman–Crippen LogP) is 3.03. The number of carbonyl (C=O) groups is 1. The molecule has 0 radical (unpaired) electrons. The largest absolute Gasteiger partial charge is 0.335 e. The van der Waals surface area contributed by atoms with E-state index in [0.29, 0.717) is 5.92 Å². The minimum atomic E-state index is -0.122. The molecule has 2 amide bonds. The lowest BCUT2D eigenvalue weighted by Gasteiger charge is -2.28. The van der Waals surface area contributed by atoms with Crippen LogP contribution < -0.4 is 10.6 Å². The minimum Gasteiger partial charge on any atom is -0.335 e. The third-order valence-corrected chi connectivity index (χ3v) is 4.71. The van der Waals surface area contributed by atoms with Gasteiger partial charge in [-0.1, -0.05) is 6.42 Å². The first kappa shape index (κ1) is 12.5. The number of pyridine rings is 1. The van der Waals surface area contributed by atoms with Gasteiger partial charge < -0.3 is 10.6 Å². The summed E-state index contributed by atoms with van der Waals surface area (Å²) >= 11 is 0. The standard InChI is InChI=1S/C15H21N3O/c1-10(14-8-11-4-5-12(14)7-11)17-15(19)18-13-3-2-6-16-9-13/h2-3,6,9-12,14H,4-5,7-8H2,1H3,(H2,17,18,19). The van der Waals surface area contributed by atoms with Gasteiger partial charge in [-0.15, -0.1) is 0 Å². The molecule has 0 aromatic carbocycles. The fourth-order valence-corrected chi connectivity index (χ4v) is 3.82. The lowest BCUT2D eigenvalue weighted by atomic mass is 9.84. The number of carbonyl (C=O) groups excluding carboxylic acids is 1. The summed E-state index contributed by atoms with van der Waals surface area (Å²) in [6.07, 6.45) is 8.77. The van der Waals surface area contributed by atoms with E-state index in [-0.39, 0.29) is 12.1 Å². The van der Waals surface area contributed by atoms with E-state index in [4.69, 9.17) is 0 Å². The average molecular weight is 259 g/mol. The molecular formula is C15H21N3O. The minimum absolute atomic E-state index is 0.122. The molecule has 2 fully saturated rings. The van der Waals surface area contributed by atoms with Crippen LogP contribution in [0.3, 0.4) is 0 Å². The van der Waals surface area contributed by atoms with E-state index in [9.17, 15) is 4.79 Å². The van der Waals surface area contributed by atoms with Crippen LogP contribution in [-0.2, 0) is 0 Å². The molecule has 0 saturated heterocycles. The Morgan fingerprint density at radius 2 is 2.32 bits per heavy atom. The van der Waals surface area contributed by atoms with Crippen molar-refractivity contribution in [1.29, 1.82) is 0 Å². The SMILES string of the molecule is CC(NC(=O)Nc1cccnc1)C1CC2CCC1C2. The van der Waals surface area contributed by atoms with Crippen LogP contribution in [0.1, 0.15) is 32.6 Å². The molecule has 1 aromatic rings. The van der Waals surface area contributed by atoms with Crippen molar-refractivity contribution in [3.05, 3.63) is 24.5 Å². The van der Waals surface area contributed by atoms with E-state index in [1.165, 1.54) is 25.7 Å². The first-order valence-corrected chi connectivity index (χ1v) is 7.20. The molecule has 19 heavy (non-hydrogen) atoms. The van der Waals surface area contributed by atoms with Crippen LogP contribution in [0.25, 0.3) is 0 Å². The Labute approximate surface area is 114 Å². The van der Waals surface area contributed by atoms with Crippen molar-refractivity contribution >= 4 is 11.7 Å². The van der Waals surface area contributed by atoms with Gasteiger partial charge in [0.15, 0.2) is 0 Å². The van der Waals surface area contributed by atoms with Gasteiger partial charge in [-0.3, -0.25) is 4.98 Å². The number of urea groups is 1. The Kier molecular flexibility index (Phi) is 3.40. The topological polar surface area (TPSA) is 54.0 Å². The molecule has 4 heteroatoms. The van der Waals surface area contributed by atoms with Crippen molar-refractivity contribution in [2.45, 2.75) is 38.6 Å². The van der Waals surface area contributed by atoms with Gasteiger partial charge in [-0.05, 0) is 56.1 Å². The molecular weight excluding hydrogens is 238 g/mol. The second-order valence-corrected chi connectivity index (χ2v) is 5.97. The summed E-state index contributed by atoms with van der Waals surface area (Å²) in [4.78, 5) is 15.9. The zero-order chi connectivity index (χ0) is 13.2. The van der Waals surface area contributed by atoms with Gasteiger partial charge in [0.05, 0.1) is 11.9 Å². The normalized spacial score (nSPS) is 30.1. The monoisotopic (exact) mass is 259 g/mol. The molecule has 2 saturated carbocycles. The van der Waals surface area contributed by atoms with Gasteiger partial charge in [-0.2, -0.15) is 0 Å². The zero-order valence-corrected chi connectivity index (χ0v) is 11.3. The van der Waals surface area contributed by atoms with E-state index in [1.807, 2.05) is 12.1 Å². The first-order chi connectivity index (χ1) is 9.22. The molecule has 2 N–H and O–H groups in total. The number of rotatable bonds is 3. The van der Waals surface area contributed by atoms with Gasteiger partial charge in [0.25, 0.3) is 0 Å². The highest BCUT2D eigenvalue weighted by molar-refractivity contribution is 5.89. The first-order valence-electron chi connectivity index (χ1n) is 7.20. The van der Waals surface area contributed by atoms with E-state index < -0.39 is 0 Å². The Balaban J connectivity index is 1.52. The van der Waals surface area contributed by atoms with E-state index in [0.717, 1.165) is 17.5 Å². The van der Waals surface area contributed by atoms with Gasteiger partial charge in [0.1, 0.15) is 0 Å². The Morgan fingerprint density at radius 1 is 1.42 bits per heavy atom. The molecule has 1 aromatic heterocycles. The van der Waals surface area contributed by atoms with Crippen LogP contribution in [0, 0.1) is 17.8 Å². The van der Waals surface area contributed by atoms with Crippen molar-refractivity contribution < 1.29 is 4.79 Å². The lowest BCUT2D eigenvalue weighted by molar-refractivity contribution is 0.230. The number of fused-ring (bicyclic) bond motifs is 2. The number of anilines is 1. The smallest absolute Gasteiger partial charge is 0.319 e. The van der Waals surface area contributed by atoms with Gasteiger partial charge in [-0.25, -0.2) is 4.79 Å². The summed E-state index contributed by atoms with van der Waals surface area (Å²) < 4.78 is 0. The molecule has 3 rings (SSSR count). The number of nitrogens with zero attached hydrogens (tertiary/aromatic N) is 1. The van der Waals surface area contributed by atoms with Gasteiger partial charge in [0.2, 0.25) is 0 Å².